The van der Waals surface area contributed by atoms with Gasteiger partial charge in [-0.2, -0.15) is 49.0 Å². The van der Waals surface area contributed by atoms with Crippen LogP contribution in [-0.2, 0) is 51.0 Å². The van der Waals surface area contributed by atoms with Crippen LogP contribution in [-0.4, -0.2) is 89.0 Å². The van der Waals surface area contributed by atoms with E-state index >= 15 is 0 Å². The fourth-order valence-corrected chi connectivity index (χ4v) is 8.08. The molecule has 0 spiro atoms. The molecule has 0 atom stereocenters. The number of carbonyl (C=O) groups is 2. The molecule has 3 N–H and O–H groups in total. The van der Waals surface area contributed by atoms with Crippen LogP contribution in [0.15, 0.2) is 146 Å². The Morgan fingerprint density at radius 2 is 1.15 bits per heavy atom. The molecule has 0 saturated heterocycles. The summed E-state index contributed by atoms with van der Waals surface area (Å²) in [7, 11) is -15.8. The maximum absolute atomic E-state index is 12.9. The van der Waals surface area contributed by atoms with Crippen LogP contribution in [0.25, 0.3) is 16.9 Å². The van der Waals surface area contributed by atoms with E-state index in [4.69, 9.17) is 34.8 Å². The molecule has 3 aromatic heterocycles. The zero-order valence-corrected chi connectivity index (χ0v) is 50.5. The van der Waals surface area contributed by atoms with Crippen LogP contribution in [0.1, 0.15) is 37.4 Å². The molecule has 0 saturated carbocycles. The van der Waals surface area contributed by atoms with E-state index in [0.717, 1.165) is 35.6 Å². The monoisotopic (exact) mass is 1250 g/mol. The number of carboxylic acid groups (broad SMARTS) is 1. The third-order valence-electron chi connectivity index (χ3n) is 9.85. The zero-order chi connectivity index (χ0) is 60.3. The first-order chi connectivity index (χ1) is 38.9. The van der Waals surface area contributed by atoms with Gasteiger partial charge in [-0.25, -0.2) is 26.8 Å². The molecule has 0 aliphatic heterocycles. The Balaban J connectivity index is 0. The average Bonchev–Trinajstić information content (AvgIpc) is 1.80. The van der Waals surface area contributed by atoms with Gasteiger partial charge in [0.25, 0.3) is 0 Å². The fourth-order valence-electron chi connectivity index (χ4n) is 6.40. The SMILES string of the molecule is Cc1c(C#N)c(Nc2ccc(S(=O)(=O)[O-])cc2)nc(Nc2ccc(S(=O)(=O)[O-])cc2)c1N=Nc1nc(-c2ccc(NC(=O)c3c[c-]c[c-]c3)cc2)c(N=Nc2c(C#N)cnn2-c2c[c-]cc(C(=O)[O-])c2)s1.O=C=O.O=S(=O)=O.O=S(=O)=O.[Li+].[Li+].[Li+].[Li+].[Li+].[Li+]. The molecule has 8 aromatic rings. The molecule has 0 fully saturated rings. The predicted molar refractivity (Wildman–Crippen MR) is 273 cm³/mol. The van der Waals surface area contributed by atoms with Crippen molar-refractivity contribution in [1.82, 2.24) is 19.7 Å². The fraction of sp³-hybridized carbons (Fsp3) is 0.0213. The van der Waals surface area contributed by atoms with Crippen molar-refractivity contribution < 1.29 is 189 Å². The molecule has 0 aliphatic rings. The number of anilines is 5. The summed E-state index contributed by atoms with van der Waals surface area (Å²) in [6.07, 6.45) is 1.46. The van der Waals surface area contributed by atoms with Gasteiger partial charge in [-0.15, -0.1) is 57.3 Å². The number of aromatic carboxylic acids is 1. The Kier molecular flexibility index (Phi) is 36.7. The van der Waals surface area contributed by atoms with Crippen LogP contribution in [0.2, 0.25) is 0 Å². The predicted octanol–water partition coefficient (Wildman–Crippen LogP) is -13.0. The van der Waals surface area contributed by atoms with Crippen LogP contribution < -0.4 is 134 Å². The van der Waals surface area contributed by atoms with E-state index in [0.29, 0.717) is 16.8 Å². The molecule has 1 amide bonds. The second-order valence-electron chi connectivity index (χ2n) is 14.9. The number of hydrogen-bond donors (Lipinski definition) is 3. The van der Waals surface area contributed by atoms with Crippen molar-refractivity contribution in [2.45, 2.75) is 16.7 Å². The van der Waals surface area contributed by atoms with E-state index in [2.05, 4.69) is 75.7 Å². The van der Waals surface area contributed by atoms with Crippen molar-refractivity contribution >= 4 is 121 Å². The molecule has 41 heteroatoms. The minimum Gasteiger partial charge on any atom is -0.744 e. The summed E-state index contributed by atoms with van der Waals surface area (Å²) in [6.45, 7) is 1.53. The average molecular weight is 1250 g/mol. The number of thiazole rings is 1. The molecular weight excluding hydrogens is 1220 g/mol. The van der Waals surface area contributed by atoms with Crippen LogP contribution in [0, 0.1) is 47.8 Å². The number of carboxylic acids is 1. The number of benzene rings is 5. The Labute approximate surface area is 577 Å². The maximum atomic E-state index is 12.9. The number of rotatable bonds is 15. The molecule has 0 unspecified atom stereocenters. The molecular formula is C47H25Li6N13O17S5. The summed E-state index contributed by atoms with van der Waals surface area (Å²) in [5.41, 5.74) is 1.92. The summed E-state index contributed by atoms with van der Waals surface area (Å²) in [6, 6.07) is 36.6. The minimum absolute atomic E-state index is 0. The van der Waals surface area contributed by atoms with Crippen molar-refractivity contribution in [3.63, 3.8) is 0 Å². The first-order valence-corrected chi connectivity index (χ1v) is 27.0. The van der Waals surface area contributed by atoms with Gasteiger partial charge in [0.15, 0.2) is 22.5 Å². The van der Waals surface area contributed by atoms with Crippen molar-refractivity contribution in [1.29, 1.82) is 10.5 Å². The van der Waals surface area contributed by atoms with E-state index in [1.165, 1.54) is 78.5 Å². The summed E-state index contributed by atoms with van der Waals surface area (Å²) < 4.78 is 121. The number of pyridine rings is 1. The molecule has 0 aliphatic carbocycles. The number of amides is 1. The van der Waals surface area contributed by atoms with Gasteiger partial charge >= 0.3 is 141 Å². The molecule has 0 radical (unpaired) electrons. The quantitative estimate of drug-likeness (QED) is 0.0371. The number of nitrogens with zero attached hydrogens (tertiary/aromatic N) is 10. The third kappa shape index (κ3) is 24.4. The molecule has 5 aromatic carbocycles. The standard InChI is InChI=1S/C46H28N13O9S3.CO2.6Li.2O3S/c1-26-37(24-48)40(50-31-14-18-35(19-15-31)70(63,64)65)54-41(51-32-16-20-36(21-17-32)71(66,67)68)38(26)55-58-46-53-39(27-10-12-33(13-11-27)52-43(60)28-6-3-2-4-7-28)44(69-46)57-56-42-30(23-47)25-49-59(42)34-9-5-8-29(22-34)45(61)62;2-1-3;;;;;;;2*1-4(2)3/h2,6-22,25H,1H3,(H,52,60)(H,61,62)(H2,50,51,54)(H,63,64,65)(H,66,67,68);;;;;;;;;/q-3;;6*+1;;/p-3. The third-order valence-corrected chi connectivity index (χ3v) is 12.4. The van der Waals surface area contributed by atoms with E-state index in [9.17, 15) is 51.2 Å². The smallest absolute Gasteiger partial charge is 0.744 e. The number of nitrogens with one attached hydrogen (secondary N) is 3. The molecule has 30 nitrogen and oxygen atoms in total. The van der Waals surface area contributed by atoms with Gasteiger partial charge < -0.3 is 53.2 Å². The second-order valence-corrected chi connectivity index (χ2v) is 19.5. The van der Waals surface area contributed by atoms with E-state index < -0.39 is 63.1 Å². The molecule has 3 heterocycles. The Morgan fingerprint density at radius 3 is 1.62 bits per heavy atom. The van der Waals surface area contributed by atoms with Crippen LogP contribution in [0.4, 0.5) is 50.3 Å². The first-order valence-electron chi connectivity index (χ1n) is 21.3. The van der Waals surface area contributed by atoms with Crippen LogP contribution in [0.5, 0.6) is 0 Å². The van der Waals surface area contributed by atoms with E-state index in [1.54, 1.807) is 24.3 Å². The van der Waals surface area contributed by atoms with Crippen molar-refractivity contribution in [2.24, 2.45) is 20.5 Å². The Hall–Kier alpha value is -7.17. The van der Waals surface area contributed by atoms with Gasteiger partial charge in [0.05, 0.1) is 21.6 Å². The number of azo groups is 2. The van der Waals surface area contributed by atoms with Gasteiger partial charge in [-0.1, -0.05) is 23.5 Å². The van der Waals surface area contributed by atoms with Gasteiger partial charge in [0.1, 0.15) is 55.2 Å². The number of hydrogen-bond acceptors (Lipinski definition) is 29. The summed E-state index contributed by atoms with van der Waals surface area (Å²) in [4.78, 5) is 49.0. The first kappa shape index (κ1) is 82.9. The molecule has 0 bridgehead atoms. The van der Waals surface area contributed by atoms with E-state index in [-0.39, 0.29) is 198 Å². The van der Waals surface area contributed by atoms with Crippen molar-refractivity contribution in [2.75, 3.05) is 16.0 Å². The van der Waals surface area contributed by atoms with Crippen LogP contribution >= 0.6 is 11.3 Å². The van der Waals surface area contributed by atoms with Gasteiger partial charge in [0, 0.05) is 34.2 Å². The summed E-state index contributed by atoms with van der Waals surface area (Å²) in [5, 5.41) is 62.6. The molecule has 416 valence electrons. The van der Waals surface area contributed by atoms with Crippen molar-refractivity contribution in [3.8, 4) is 29.1 Å². The topological polar surface area (TPSA) is 485 Å². The second kappa shape index (κ2) is 39.0. The largest absolute Gasteiger partial charge is 1.00 e. The zero-order valence-electron chi connectivity index (χ0n) is 46.4. The Morgan fingerprint density at radius 1 is 0.659 bits per heavy atom. The normalized spacial score (nSPS) is 9.97. The molecule has 88 heavy (non-hydrogen) atoms. The van der Waals surface area contributed by atoms with Gasteiger partial charge in [-0.05, 0) is 73.3 Å². The van der Waals surface area contributed by atoms with Gasteiger partial charge in [-0.3, -0.25) is 21.6 Å². The Bertz CT molecular complexity index is 4370. The molecule has 8 rings (SSSR count). The van der Waals surface area contributed by atoms with E-state index in [1.807, 2.05) is 6.07 Å². The maximum Gasteiger partial charge on any atom is 1.00 e. The summed E-state index contributed by atoms with van der Waals surface area (Å²) >= 11 is 0.883. The minimum atomic E-state index is -4.80. The van der Waals surface area contributed by atoms with Crippen molar-refractivity contribution in [3.05, 3.63) is 161 Å². The van der Waals surface area contributed by atoms with Gasteiger partial charge in [0.2, 0.25) is 5.13 Å². The summed E-state index contributed by atoms with van der Waals surface area (Å²) in [5.74, 6) is -2.08. The number of nitriles is 2. The van der Waals surface area contributed by atoms with Crippen LogP contribution in [0.3, 0.4) is 0 Å². The number of aromatic nitrogens is 4. The number of carbonyl (C=O) groups excluding carboxylic acids is 4.